The van der Waals surface area contributed by atoms with Gasteiger partial charge in [-0.2, -0.15) is 0 Å². The Morgan fingerprint density at radius 1 is 1.33 bits per heavy atom. The molecule has 98 valence electrons. The number of hydrogen-bond donors (Lipinski definition) is 0. The van der Waals surface area contributed by atoms with Gasteiger partial charge in [-0.05, 0) is 19.0 Å². The van der Waals surface area contributed by atoms with E-state index in [1.165, 1.54) is 0 Å². The van der Waals surface area contributed by atoms with Gasteiger partial charge in [0.05, 0.1) is 6.61 Å². The molecule has 0 aliphatic carbocycles. The molecule has 1 unspecified atom stereocenters. The first-order chi connectivity index (χ1) is 8.38. The second-order valence-corrected chi connectivity index (χ2v) is 11.5. The lowest BCUT2D eigenvalue weighted by molar-refractivity contribution is 0.0419. The molecule has 0 bridgehead atoms. The normalized spacial score (nSPS) is 18.4. The molecule has 1 aromatic rings. The molecule has 4 heteroatoms. The molecule has 0 amide bonds. The van der Waals surface area contributed by atoms with Gasteiger partial charge in [-0.15, -0.1) is 0 Å². The van der Waals surface area contributed by atoms with Crippen molar-refractivity contribution in [2.75, 3.05) is 6.61 Å². The van der Waals surface area contributed by atoms with Crippen LogP contribution in [-0.4, -0.2) is 20.7 Å². The highest BCUT2D eigenvalue weighted by Crippen LogP contribution is 2.36. The minimum absolute atomic E-state index is 0.159. The molecule has 1 atom stereocenters. The van der Waals surface area contributed by atoms with Crippen LogP contribution < -0.4 is 4.74 Å². The van der Waals surface area contributed by atoms with Crippen molar-refractivity contribution in [3.63, 3.8) is 0 Å². The van der Waals surface area contributed by atoms with Crippen molar-refractivity contribution in [1.29, 1.82) is 0 Å². The molecule has 0 saturated carbocycles. The van der Waals surface area contributed by atoms with Crippen LogP contribution >= 0.6 is 0 Å². The first kappa shape index (κ1) is 13.1. The molecule has 1 aliphatic heterocycles. The number of hydrogen-bond acceptors (Lipinski definition) is 3. The maximum Gasteiger partial charge on any atom is 0.342 e. The van der Waals surface area contributed by atoms with E-state index in [4.69, 9.17) is 9.47 Å². The maximum atomic E-state index is 11.8. The topological polar surface area (TPSA) is 35.5 Å². The van der Waals surface area contributed by atoms with E-state index in [9.17, 15) is 4.79 Å². The number of fused-ring (bicyclic) bond motifs is 1. The zero-order valence-electron chi connectivity index (χ0n) is 11.4. The summed E-state index contributed by atoms with van der Waals surface area (Å²) in [5.41, 5.74) is 1.55. The summed E-state index contributed by atoms with van der Waals surface area (Å²) in [6.07, 6.45) is -0.159. The van der Waals surface area contributed by atoms with Gasteiger partial charge >= 0.3 is 5.97 Å². The Morgan fingerprint density at radius 3 is 2.72 bits per heavy atom. The molecule has 0 aromatic heterocycles. The van der Waals surface area contributed by atoms with Gasteiger partial charge in [0.15, 0.2) is 0 Å². The Labute approximate surface area is 109 Å². The highest BCUT2D eigenvalue weighted by Gasteiger charge is 2.31. The number of ether oxygens (including phenoxy) is 2. The second kappa shape index (κ2) is 4.76. The molecular weight excluding hydrogens is 244 g/mol. The van der Waals surface area contributed by atoms with Crippen molar-refractivity contribution < 1.29 is 14.3 Å². The third-order valence-electron chi connectivity index (χ3n) is 3.09. The fraction of sp³-hybridized carbons (Fsp3) is 0.500. The highest BCUT2D eigenvalue weighted by molar-refractivity contribution is 6.76. The number of cyclic esters (lactones) is 1. The van der Waals surface area contributed by atoms with Crippen LogP contribution in [0.3, 0.4) is 0 Å². The number of carbonyl (C=O) groups excluding carboxylic acids is 1. The van der Waals surface area contributed by atoms with Crippen LogP contribution in [0.2, 0.25) is 25.7 Å². The predicted molar refractivity (Wildman–Crippen MR) is 73.9 cm³/mol. The Kier molecular flexibility index (Phi) is 3.48. The lowest BCUT2D eigenvalue weighted by atomic mass is 10.1. The first-order valence-corrected chi connectivity index (χ1v) is 10.1. The maximum absolute atomic E-state index is 11.8. The van der Waals surface area contributed by atoms with E-state index < -0.39 is 8.07 Å². The molecule has 2 rings (SSSR count). The Morgan fingerprint density at radius 2 is 2.06 bits per heavy atom. The number of benzene rings is 1. The Hall–Kier alpha value is -1.29. The quantitative estimate of drug-likeness (QED) is 0.615. The Balaban J connectivity index is 2.13. The van der Waals surface area contributed by atoms with Crippen LogP contribution in [0.4, 0.5) is 0 Å². The molecule has 0 fully saturated rings. The third kappa shape index (κ3) is 2.75. The van der Waals surface area contributed by atoms with E-state index in [0.717, 1.165) is 11.6 Å². The number of rotatable bonds is 4. The van der Waals surface area contributed by atoms with E-state index in [1.54, 1.807) is 0 Å². The van der Waals surface area contributed by atoms with Crippen molar-refractivity contribution in [2.45, 2.75) is 38.7 Å². The standard InChI is InChI=1S/C14H20O3Si/c1-10-11-6-5-7-12(13(11)14(15)17-10)16-8-9-18(2,3)4/h5-7,10H,8-9H2,1-4H3. The SMILES string of the molecule is CC1OC(=O)c2c(OCC[Si](C)(C)C)cccc21. The Bertz CT molecular complexity index is 463. The fourth-order valence-electron chi connectivity index (χ4n) is 1.98. The lowest BCUT2D eigenvalue weighted by Crippen LogP contribution is -2.22. The van der Waals surface area contributed by atoms with Gasteiger partial charge in [-0.25, -0.2) is 4.79 Å². The largest absolute Gasteiger partial charge is 0.493 e. The fourth-order valence-corrected chi connectivity index (χ4v) is 2.69. The summed E-state index contributed by atoms with van der Waals surface area (Å²) in [5.74, 6) is 0.404. The molecule has 1 aliphatic rings. The van der Waals surface area contributed by atoms with Gasteiger partial charge in [-0.1, -0.05) is 31.8 Å². The van der Waals surface area contributed by atoms with Gasteiger partial charge in [0.1, 0.15) is 17.4 Å². The summed E-state index contributed by atoms with van der Waals surface area (Å²) in [7, 11) is -1.11. The average molecular weight is 264 g/mol. The predicted octanol–water partition coefficient (Wildman–Crippen LogP) is 3.64. The molecule has 1 aromatic carbocycles. The molecule has 0 saturated heterocycles. The van der Waals surface area contributed by atoms with Crippen molar-refractivity contribution in [2.24, 2.45) is 0 Å². The van der Waals surface area contributed by atoms with Crippen LogP contribution in [0.5, 0.6) is 5.75 Å². The molecule has 1 heterocycles. The molecular formula is C14H20O3Si. The molecule has 0 spiro atoms. The molecule has 18 heavy (non-hydrogen) atoms. The van der Waals surface area contributed by atoms with Gasteiger partial charge < -0.3 is 9.47 Å². The van der Waals surface area contributed by atoms with Crippen LogP contribution in [-0.2, 0) is 4.74 Å². The van der Waals surface area contributed by atoms with Crippen LogP contribution in [0, 0.1) is 0 Å². The summed E-state index contributed by atoms with van der Waals surface area (Å²) < 4.78 is 11.0. The monoisotopic (exact) mass is 264 g/mol. The van der Waals surface area contributed by atoms with E-state index in [1.807, 2.05) is 25.1 Å². The molecule has 3 nitrogen and oxygen atoms in total. The molecule has 0 radical (unpaired) electrons. The van der Waals surface area contributed by atoms with E-state index in [2.05, 4.69) is 19.6 Å². The van der Waals surface area contributed by atoms with E-state index in [-0.39, 0.29) is 12.1 Å². The van der Waals surface area contributed by atoms with Crippen LogP contribution in [0.25, 0.3) is 0 Å². The number of esters is 1. The zero-order chi connectivity index (χ0) is 13.3. The number of carbonyl (C=O) groups is 1. The smallest absolute Gasteiger partial charge is 0.342 e. The summed E-state index contributed by atoms with van der Waals surface area (Å²) in [4.78, 5) is 11.8. The van der Waals surface area contributed by atoms with Gasteiger partial charge in [0, 0.05) is 13.6 Å². The van der Waals surface area contributed by atoms with E-state index >= 15 is 0 Å². The molecule has 0 N–H and O–H groups in total. The summed E-state index contributed by atoms with van der Waals surface area (Å²) >= 11 is 0. The van der Waals surface area contributed by atoms with Crippen molar-refractivity contribution in [1.82, 2.24) is 0 Å². The van der Waals surface area contributed by atoms with Gasteiger partial charge in [0.2, 0.25) is 0 Å². The zero-order valence-corrected chi connectivity index (χ0v) is 12.4. The third-order valence-corrected chi connectivity index (χ3v) is 4.80. The summed E-state index contributed by atoms with van der Waals surface area (Å²) in [6, 6.07) is 6.78. The average Bonchev–Trinajstić information content (AvgIpc) is 2.54. The first-order valence-electron chi connectivity index (χ1n) is 6.35. The summed E-state index contributed by atoms with van der Waals surface area (Å²) in [6.45, 7) is 9.48. The van der Waals surface area contributed by atoms with E-state index in [0.29, 0.717) is 17.9 Å². The highest BCUT2D eigenvalue weighted by atomic mass is 28.3. The summed E-state index contributed by atoms with van der Waals surface area (Å²) in [5, 5.41) is 0. The van der Waals surface area contributed by atoms with Crippen molar-refractivity contribution >= 4 is 14.0 Å². The minimum atomic E-state index is -1.11. The van der Waals surface area contributed by atoms with Crippen molar-refractivity contribution in [3.05, 3.63) is 29.3 Å². The van der Waals surface area contributed by atoms with Crippen LogP contribution in [0.1, 0.15) is 28.9 Å². The lowest BCUT2D eigenvalue weighted by Gasteiger charge is -2.16. The van der Waals surface area contributed by atoms with Crippen molar-refractivity contribution in [3.8, 4) is 5.75 Å². The van der Waals surface area contributed by atoms with Crippen LogP contribution in [0.15, 0.2) is 18.2 Å². The van der Waals surface area contributed by atoms with Gasteiger partial charge in [0.25, 0.3) is 0 Å². The minimum Gasteiger partial charge on any atom is -0.493 e. The second-order valence-electron chi connectivity index (χ2n) is 5.93. The van der Waals surface area contributed by atoms with Gasteiger partial charge in [-0.3, -0.25) is 0 Å².